The molecule has 0 amide bonds. The van der Waals surface area contributed by atoms with Gasteiger partial charge in [0.15, 0.2) is 0 Å². The Morgan fingerprint density at radius 2 is 2.00 bits per heavy atom. The van der Waals surface area contributed by atoms with Crippen LogP contribution in [0.5, 0.6) is 0 Å². The highest BCUT2D eigenvalue weighted by molar-refractivity contribution is 9.10. The first-order valence-corrected chi connectivity index (χ1v) is 8.69. The fourth-order valence-corrected chi connectivity index (χ4v) is 3.58. The summed E-state index contributed by atoms with van der Waals surface area (Å²) in [6.45, 7) is 4.35. The molecule has 0 saturated heterocycles. The third kappa shape index (κ3) is 3.74. The molecule has 0 spiro atoms. The third-order valence-corrected chi connectivity index (χ3v) is 4.65. The maximum absolute atomic E-state index is 12.5. The van der Waals surface area contributed by atoms with Gasteiger partial charge in [-0.05, 0) is 53.5 Å². The van der Waals surface area contributed by atoms with Gasteiger partial charge in [-0.15, -0.1) is 0 Å². The molecule has 2 aromatic rings. The molecule has 5 nitrogen and oxygen atoms in total. The second-order valence-corrected chi connectivity index (χ2v) is 7.02. The number of aromatic nitrogens is 1. The van der Waals surface area contributed by atoms with Crippen molar-refractivity contribution in [1.29, 1.82) is 0 Å². The van der Waals surface area contributed by atoms with Crippen molar-refractivity contribution < 1.29 is 8.42 Å². The highest BCUT2D eigenvalue weighted by atomic mass is 79.9. The van der Waals surface area contributed by atoms with Crippen LogP contribution in [-0.4, -0.2) is 19.9 Å². The van der Waals surface area contributed by atoms with Crippen molar-refractivity contribution >= 4 is 37.5 Å². The Bertz CT molecular complexity index is 748. The van der Waals surface area contributed by atoms with Crippen LogP contribution < -0.4 is 10.0 Å². The van der Waals surface area contributed by atoms with Crippen LogP contribution in [0.3, 0.4) is 0 Å². The van der Waals surface area contributed by atoms with Gasteiger partial charge < -0.3 is 5.32 Å². The lowest BCUT2D eigenvalue weighted by atomic mass is 10.3. The fraction of sp³-hybridized carbons (Fsp3) is 0.214. The first-order valence-electron chi connectivity index (χ1n) is 6.42. The third-order valence-electron chi connectivity index (χ3n) is 2.82. The number of hydrogen-bond acceptors (Lipinski definition) is 4. The zero-order valence-electron chi connectivity index (χ0n) is 11.7. The summed E-state index contributed by atoms with van der Waals surface area (Å²) >= 11 is 3.30. The highest BCUT2D eigenvalue weighted by Gasteiger charge is 2.19. The van der Waals surface area contributed by atoms with Gasteiger partial charge in [-0.3, -0.25) is 4.72 Å². The molecule has 1 aromatic carbocycles. The molecule has 2 N–H and O–H groups in total. The van der Waals surface area contributed by atoms with Crippen molar-refractivity contribution in [2.45, 2.75) is 18.7 Å². The molecule has 0 aliphatic heterocycles. The number of hydrogen-bond donors (Lipinski definition) is 2. The highest BCUT2D eigenvalue weighted by Crippen LogP contribution is 2.24. The number of aryl methyl sites for hydroxylation is 1. The minimum Gasteiger partial charge on any atom is -0.384 e. The summed E-state index contributed by atoms with van der Waals surface area (Å²) < 4.78 is 28.4. The molecule has 0 aliphatic carbocycles. The smallest absolute Gasteiger partial charge is 0.265 e. The molecule has 112 valence electrons. The van der Waals surface area contributed by atoms with Gasteiger partial charge in [0.1, 0.15) is 10.7 Å². The summed E-state index contributed by atoms with van der Waals surface area (Å²) in [5, 5.41) is 3.04. The molecule has 21 heavy (non-hydrogen) atoms. The van der Waals surface area contributed by atoms with Gasteiger partial charge in [0.2, 0.25) is 0 Å². The minimum atomic E-state index is -3.69. The molecule has 1 heterocycles. The number of halogens is 1. The van der Waals surface area contributed by atoms with Crippen molar-refractivity contribution in [3.05, 3.63) is 46.6 Å². The minimum absolute atomic E-state index is 0.205. The first-order chi connectivity index (χ1) is 9.94. The predicted octanol–water partition coefficient (Wildman–Crippen LogP) is 3.39. The van der Waals surface area contributed by atoms with Crippen molar-refractivity contribution in [3.8, 4) is 0 Å². The van der Waals surface area contributed by atoms with Crippen LogP contribution >= 0.6 is 15.9 Å². The van der Waals surface area contributed by atoms with Crippen LogP contribution in [0.25, 0.3) is 0 Å². The lowest BCUT2D eigenvalue weighted by molar-refractivity contribution is 0.601. The average molecular weight is 370 g/mol. The molecule has 0 radical (unpaired) electrons. The number of rotatable bonds is 5. The summed E-state index contributed by atoms with van der Waals surface area (Å²) in [5.41, 5.74) is 1.32. The lowest BCUT2D eigenvalue weighted by Crippen LogP contribution is -2.16. The average Bonchev–Trinajstić information content (AvgIpc) is 2.43. The molecule has 1 aromatic heterocycles. The van der Waals surface area contributed by atoms with E-state index in [2.05, 4.69) is 31.0 Å². The van der Waals surface area contributed by atoms with Gasteiger partial charge in [-0.1, -0.05) is 12.1 Å². The van der Waals surface area contributed by atoms with Gasteiger partial charge in [0.25, 0.3) is 10.0 Å². The number of nitrogens with zero attached hydrogens (tertiary/aromatic N) is 1. The molecule has 0 atom stereocenters. The lowest BCUT2D eigenvalue weighted by Gasteiger charge is -2.13. The molecule has 0 aliphatic rings. The summed E-state index contributed by atoms with van der Waals surface area (Å²) in [6.07, 6.45) is 1.56. The van der Waals surface area contributed by atoms with Gasteiger partial charge in [-0.2, -0.15) is 0 Å². The standard InChI is InChI=1S/C14H16BrN3O2S/c1-3-16-12-6-4-5-7-13(12)21(19,20)18-14-10(2)8-11(15)9-17-14/h4-9,16H,3H2,1-2H3,(H,17,18). The number of nitrogens with one attached hydrogen (secondary N) is 2. The molecule has 7 heteroatoms. The summed E-state index contributed by atoms with van der Waals surface area (Å²) in [7, 11) is -3.69. The molecule has 0 bridgehead atoms. The van der Waals surface area contributed by atoms with E-state index in [1.54, 1.807) is 43.5 Å². The van der Waals surface area contributed by atoms with Crippen LogP contribution in [0.1, 0.15) is 12.5 Å². The predicted molar refractivity (Wildman–Crippen MR) is 88.1 cm³/mol. The van der Waals surface area contributed by atoms with Gasteiger partial charge in [0, 0.05) is 17.2 Å². The summed E-state index contributed by atoms with van der Waals surface area (Å²) in [6, 6.07) is 8.59. The number of benzene rings is 1. The Labute approximate surface area is 133 Å². The number of pyridine rings is 1. The zero-order valence-corrected chi connectivity index (χ0v) is 14.1. The molecular weight excluding hydrogens is 354 g/mol. The maximum atomic E-state index is 12.5. The molecule has 2 rings (SSSR count). The maximum Gasteiger partial charge on any atom is 0.265 e. The van der Waals surface area contributed by atoms with Crippen LogP contribution in [0, 0.1) is 6.92 Å². The van der Waals surface area contributed by atoms with Crippen LogP contribution in [0.2, 0.25) is 0 Å². The Morgan fingerprint density at radius 3 is 2.67 bits per heavy atom. The van der Waals surface area contributed by atoms with Crippen LogP contribution in [0.4, 0.5) is 11.5 Å². The Balaban J connectivity index is 2.39. The quantitative estimate of drug-likeness (QED) is 0.847. The number of para-hydroxylation sites is 1. The second kappa shape index (κ2) is 6.44. The van der Waals surface area contributed by atoms with E-state index in [1.807, 2.05) is 6.92 Å². The molecule has 0 fully saturated rings. The van der Waals surface area contributed by atoms with Crippen LogP contribution in [-0.2, 0) is 10.0 Å². The second-order valence-electron chi connectivity index (χ2n) is 4.45. The normalized spacial score (nSPS) is 11.2. The van der Waals surface area contributed by atoms with E-state index >= 15 is 0 Å². The molecular formula is C14H16BrN3O2S. The monoisotopic (exact) mass is 369 g/mol. The number of anilines is 2. The Morgan fingerprint density at radius 1 is 1.29 bits per heavy atom. The molecule has 0 unspecified atom stereocenters. The van der Waals surface area contributed by atoms with Gasteiger partial charge >= 0.3 is 0 Å². The van der Waals surface area contributed by atoms with Crippen molar-refractivity contribution in [2.24, 2.45) is 0 Å². The fourth-order valence-electron chi connectivity index (χ4n) is 1.87. The van der Waals surface area contributed by atoms with Crippen molar-refractivity contribution in [1.82, 2.24) is 4.98 Å². The first kappa shape index (κ1) is 15.8. The van der Waals surface area contributed by atoms with E-state index < -0.39 is 10.0 Å². The van der Waals surface area contributed by atoms with Gasteiger partial charge in [0.05, 0.1) is 5.69 Å². The van der Waals surface area contributed by atoms with E-state index in [1.165, 1.54) is 0 Å². The summed E-state index contributed by atoms with van der Waals surface area (Å²) in [5.74, 6) is 0.324. The van der Waals surface area contributed by atoms with Crippen molar-refractivity contribution in [3.63, 3.8) is 0 Å². The van der Waals surface area contributed by atoms with E-state index in [9.17, 15) is 8.42 Å². The summed E-state index contributed by atoms with van der Waals surface area (Å²) in [4.78, 5) is 4.31. The Hall–Kier alpha value is -1.60. The SMILES string of the molecule is CCNc1ccccc1S(=O)(=O)Nc1ncc(Br)cc1C. The van der Waals surface area contributed by atoms with Crippen molar-refractivity contribution in [2.75, 3.05) is 16.6 Å². The van der Waals surface area contributed by atoms with Crippen LogP contribution in [0.15, 0.2) is 45.9 Å². The Kier molecular flexibility index (Phi) is 4.84. The number of sulfonamides is 1. The largest absolute Gasteiger partial charge is 0.384 e. The van der Waals surface area contributed by atoms with E-state index in [4.69, 9.17) is 0 Å². The van der Waals surface area contributed by atoms with E-state index in [0.717, 1.165) is 10.0 Å². The topological polar surface area (TPSA) is 71.1 Å². The molecule has 0 saturated carbocycles. The van der Waals surface area contributed by atoms with E-state index in [0.29, 0.717) is 18.1 Å². The van der Waals surface area contributed by atoms with E-state index in [-0.39, 0.29) is 4.90 Å². The zero-order chi connectivity index (χ0) is 15.5. The van der Waals surface area contributed by atoms with Gasteiger partial charge in [-0.25, -0.2) is 13.4 Å².